The minimum atomic E-state index is -0.317. The molecular weight excluding hydrogens is 224 g/mol. The highest BCUT2D eigenvalue weighted by Crippen LogP contribution is 2.23. The third kappa shape index (κ3) is 1.78. The van der Waals surface area contributed by atoms with E-state index in [1.807, 2.05) is 0 Å². The van der Waals surface area contributed by atoms with E-state index in [-0.39, 0.29) is 35.2 Å². The van der Waals surface area contributed by atoms with Crippen molar-refractivity contribution in [2.75, 3.05) is 19.7 Å². The third-order valence-electron chi connectivity index (χ3n) is 2.26. The number of hydrogen-bond donors (Lipinski definition) is 2. The molecular formula is C7H13BrN2O2. The van der Waals surface area contributed by atoms with E-state index in [9.17, 15) is 4.79 Å². The molecule has 2 aliphatic heterocycles. The van der Waals surface area contributed by atoms with Crippen molar-refractivity contribution in [3.05, 3.63) is 0 Å². The molecule has 2 saturated heterocycles. The van der Waals surface area contributed by atoms with E-state index in [0.717, 1.165) is 25.9 Å². The van der Waals surface area contributed by atoms with Crippen molar-refractivity contribution in [3.63, 3.8) is 0 Å². The van der Waals surface area contributed by atoms with Crippen LogP contribution in [0.4, 0.5) is 0 Å². The van der Waals surface area contributed by atoms with Gasteiger partial charge in [0, 0.05) is 12.8 Å². The molecule has 70 valence electrons. The zero-order chi connectivity index (χ0) is 7.73. The molecule has 0 aliphatic carbocycles. The molecule has 12 heavy (non-hydrogen) atoms. The summed E-state index contributed by atoms with van der Waals surface area (Å²) in [5.74, 6) is 0.0203. The zero-order valence-corrected chi connectivity index (χ0v) is 8.47. The van der Waals surface area contributed by atoms with Gasteiger partial charge in [0.25, 0.3) is 0 Å². The van der Waals surface area contributed by atoms with Crippen LogP contribution in [0.3, 0.4) is 0 Å². The second-order valence-corrected chi connectivity index (χ2v) is 3.08. The lowest BCUT2D eigenvalue weighted by molar-refractivity contribution is -0.119. The Morgan fingerprint density at radius 3 is 2.50 bits per heavy atom. The molecule has 0 aromatic rings. The monoisotopic (exact) mass is 236 g/mol. The third-order valence-corrected chi connectivity index (χ3v) is 2.26. The SMILES string of the molecule is Br.O=C1COC2(CCNCC2)N1. The van der Waals surface area contributed by atoms with Crippen molar-refractivity contribution in [2.45, 2.75) is 18.6 Å². The van der Waals surface area contributed by atoms with Crippen LogP contribution in [0.15, 0.2) is 0 Å². The van der Waals surface area contributed by atoms with Gasteiger partial charge in [0.2, 0.25) is 5.91 Å². The van der Waals surface area contributed by atoms with Crippen molar-refractivity contribution in [3.8, 4) is 0 Å². The highest BCUT2D eigenvalue weighted by molar-refractivity contribution is 8.93. The molecule has 0 saturated carbocycles. The maximum absolute atomic E-state index is 10.9. The van der Waals surface area contributed by atoms with E-state index < -0.39 is 0 Å². The Hall–Kier alpha value is -0.130. The first-order valence-corrected chi connectivity index (χ1v) is 3.96. The summed E-state index contributed by atoms with van der Waals surface area (Å²) >= 11 is 0. The molecule has 5 heteroatoms. The highest BCUT2D eigenvalue weighted by atomic mass is 79.9. The molecule has 2 fully saturated rings. The zero-order valence-electron chi connectivity index (χ0n) is 6.76. The molecule has 1 amide bonds. The molecule has 0 aromatic carbocycles. The van der Waals surface area contributed by atoms with Gasteiger partial charge in [0.05, 0.1) is 0 Å². The van der Waals surface area contributed by atoms with Crippen LogP contribution in [-0.2, 0) is 9.53 Å². The molecule has 4 nitrogen and oxygen atoms in total. The number of carbonyl (C=O) groups excluding carboxylic acids is 1. The number of rotatable bonds is 0. The Bertz CT molecular complexity index is 180. The Balaban J connectivity index is 0.000000720. The summed E-state index contributed by atoms with van der Waals surface area (Å²) in [6, 6.07) is 0. The van der Waals surface area contributed by atoms with Crippen LogP contribution in [0, 0.1) is 0 Å². The van der Waals surface area contributed by atoms with Crippen molar-refractivity contribution in [1.82, 2.24) is 10.6 Å². The molecule has 0 bridgehead atoms. The topological polar surface area (TPSA) is 50.4 Å². The average Bonchev–Trinajstić information content (AvgIpc) is 2.34. The largest absolute Gasteiger partial charge is 0.346 e. The fourth-order valence-electron chi connectivity index (χ4n) is 1.63. The highest BCUT2D eigenvalue weighted by Gasteiger charge is 2.39. The number of hydrogen-bond acceptors (Lipinski definition) is 3. The van der Waals surface area contributed by atoms with Crippen molar-refractivity contribution in [1.29, 1.82) is 0 Å². The van der Waals surface area contributed by atoms with Crippen LogP contribution in [0.1, 0.15) is 12.8 Å². The van der Waals surface area contributed by atoms with E-state index in [2.05, 4.69) is 10.6 Å². The minimum absolute atomic E-state index is 0. The maximum atomic E-state index is 10.9. The Kier molecular flexibility index (Phi) is 3.09. The quantitative estimate of drug-likeness (QED) is 0.613. The predicted octanol–water partition coefficient (Wildman–Crippen LogP) is -0.210. The summed E-state index contributed by atoms with van der Waals surface area (Å²) in [4.78, 5) is 10.9. The van der Waals surface area contributed by atoms with Crippen molar-refractivity contribution in [2.24, 2.45) is 0 Å². The van der Waals surface area contributed by atoms with Gasteiger partial charge < -0.3 is 15.4 Å². The fraction of sp³-hybridized carbons (Fsp3) is 0.857. The first-order valence-electron chi connectivity index (χ1n) is 3.96. The summed E-state index contributed by atoms with van der Waals surface area (Å²) in [7, 11) is 0. The van der Waals surface area contributed by atoms with Gasteiger partial charge in [-0.3, -0.25) is 4.79 Å². The first-order chi connectivity index (χ1) is 5.31. The van der Waals surface area contributed by atoms with E-state index in [4.69, 9.17) is 4.74 Å². The van der Waals surface area contributed by atoms with Gasteiger partial charge in [-0.25, -0.2) is 0 Å². The van der Waals surface area contributed by atoms with Crippen LogP contribution in [0.2, 0.25) is 0 Å². The van der Waals surface area contributed by atoms with Crippen LogP contribution >= 0.6 is 17.0 Å². The number of ether oxygens (including phenoxy) is 1. The molecule has 0 atom stereocenters. The molecule has 0 aromatic heterocycles. The smallest absolute Gasteiger partial charge is 0.248 e. The summed E-state index contributed by atoms with van der Waals surface area (Å²) in [5.41, 5.74) is -0.317. The van der Waals surface area contributed by atoms with Gasteiger partial charge in [-0.05, 0) is 13.1 Å². The van der Waals surface area contributed by atoms with Gasteiger partial charge in [0.1, 0.15) is 12.3 Å². The number of nitrogens with one attached hydrogen (secondary N) is 2. The van der Waals surface area contributed by atoms with E-state index in [1.54, 1.807) is 0 Å². The molecule has 1 spiro atoms. The summed E-state index contributed by atoms with van der Waals surface area (Å²) in [5, 5.41) is 6.09. The number of carbonyl (C=O) groups is 1. The van der Waals surface area contributed by atoms with Gasteiger partial charge in [0.15, 0.2) is 0 Å². The average molecular weight is 237 g/mol. The second-order valence-electron chi connectivity index (χ2n) is 3.08. The lowest BCUT2D eigenvalue weighted by atomic mass is 10.0. The standard InChI is InChI=1S/C7H12N2O2.BrH/c10-6-5-11-7(9-6)1-3-8-4-2-7;/h8H,1-5H2,(H,9,10);1H. The lowest BCUT2D eigenvalue weighted by Gasteiger charge is -2.32. The summed E-state index contributed by atoms with van der Waals surface area (Å²) in [6.07, 6.45) is 1.78. The molecule has 2 N–H and O–H groups in total. The van der Waals surface area contributed by atoms with Crippen molar-refractivity contribution >= 4 is 22.9 Å². The van der Waals surface area contributed by atoms with E-state index >= 15 is 0 Å². The van der Waals surface area contributed by atoms with Crippen LogP contribution < -0.4 is 10.6 Å². The number of amides is 1. The predicted molar refractivity (Wildman–Crippen MR) is 49.3 cm³/mol. The number of piperidine rings is 1. The van der Waals surface area contributed by atoms with Crippen LogP contribution in [-0.4, -0.2) is 31.3 Å². The molecule has 0 radical (unpaired) electrons. The van der Waals surface area contributed by atoms with E-state index in [0.29, 0.717) is 0 Å². The Morgan fingerprint density at radius 1 is 1.33 bits per heavy atom. The Labute approximate surface area is 81.8 Å². The van der Waals surface area contributed by atoms with Crippen molar-refractivity contribution < 1.29 is 9.53 Å². The van der Waals surface area contributed by atoms with Gasteiger partial charge >= 0.3 is 0 Å². The van der Waals surface area contributed by atoms with Crippen LogP contribution in [0.5, 0.6) is 0 Å². The molecule has 2 rings (SSSR count). The van der Waals surface area contributed by atoms with Gasteiger partial charge in [-0.1, -0.05) is 0 Å². The molecule has 2 heterocycles. The molecule has 0 unspecified atom stereocenters. The summed E-state index contributed by atoms with van der Waals surface area (Å²) < 4.78 is 5.39. The van der Waals surface area contributed by atoms with E-state index in [1.165, 1.54) is 0 Å². The van der Waals surface area contributed by atoms with Gasteiger partial charge in [-0.15, -0.1) is 17.0 Å². The van der Waals surface area contributed by atoms with Crippen LogP contribution in [0.25, 0.3) is 0 Å². The molecule has 2 aliphatic rings. The lowest BCUT2D eigenvalue weighted by Crippen LogP contribution is -2.50. The normalized spacial score (nSPS) is 26.5. The number of halogens is 1. The fourth-order valence-corrected chi connectivity index (χ4v) is 1.63. The first kappa shape index (κ1) is 9.95. The van der Waals surface area contributed by atoms with Gasteiger partial charge in [-0.2, -0.15) is 0 Å². The Morgan fingerprint density at radius 2 is 2.00 bits per heavy atom. The maximum Gasteiger partial charge on any atom is 0.248 e. The minimum Gasteiger partial charge on any atom is -0.346 e. The second kappa shape index (κ2) is 3.72. The summed E-state index contributed by atoms with van der Waals surface area (Å²) in [6.45, 7) is 2.10.